The molecule has 0 spiro atoms. The quantitative estimate of drug-likeness (QED) is 0.583. The van der Waals surface area contributed by atoms with Crippen molar-refractivity contribution >= 4 is 12.1 Å². The Bertz CT molecular complexity index is 757. The zero-order valence-corrected chi connectivity index (χ0v) is 15.5. The number of amides is 1. The summed E-state index contributed by atoms with van der Waals surface area (Å²) in [6.45, 7) is 3.76. The number of hydrogen-bond donors (Lipinski definition) is 1. The number of nitrogens with one attached hydrogen (secondary N) is 1. The molecule has 0 saturated carbocycles. The monoisotopic (exact) mass is 356 g/mol. The van der Waals surface area contributed by atoms with Gasteiger partial charge >= 0.3 is 0 Å². The summed E-state index contributed by atoms with van der Waals surface area (Å²) in [7, 11) is 3.15. The Kier molecular flexibility index (Phi) is 7.02. The van der Waals surface area contributed by atoms with Crippen LogP contribution in [-0.4, -0.2) is 32.4 Å². The second kappa shape index (κ2) is 9.46. The van der Waals surface area contributed by atoms with Gasteiger partial charge in [0.2, 0.25) is 0 Å². The van der Waals surface area contributed by atoms with Crippen LogP contribution in [0.1, 0.15) is 25.0 Å². The molecule has 138 valence electrons. The van der Waals surface area contributed by atoms with E-state index in [2.05, 4.69) is 17.5 Å². The molecule has 6 nitrogen and oxygen atoms in total. The first-order valence-electron chi connectivity index (χ1n) is 8.38. The van der Waals surface area contributed by atoms with E-state index in [-0.39, 0.29) is 5.91 Å². The van der Waals surface area contributed by atoms with Gasteiger partial charge in [0, 0.05) is 5.56 Å². The fourth-order valence-corrected chi connectivity index (χ4v) is 2.26. The highest BCUT2D eigenvalue weighted by Crippen LogP contribution is 2.22. The van der Waals surface area contributed by atoms with E-state index < -0.39 is 6.10 Å². The Hall–Kier alpha value is -3.02. The minimum absolute atomic E-state index is 0.345. The van der Waals surface area contributed by atoms with E-state index in [1.165, 1.54) is 11.8 Å². The first-order chi connectivity index (χ1) is 12.6. The minimum Gasteiger partial charge on any atom is -0.497 e. The van der Waals surface area contributed by atoms with Gasteiger partial charge in [-0.05, 0) is 49.2 Å². The summed E-state index contributed by atoms with van der Waals surface area (Å²) in [4.78, 5) is 12.1. The van der Waals surface area contributed by atoms with Crippen LogP contribution in [0.4, 0.5) is 0 Å². The average Bonchev–Trinajstić information content (AvgIpc) is 2.68. The SMILES string of the molecule is CCc1ccc(OC(C)C(=O)NN=Cc2cc(OC)ccc2OC)cc1. The van der Waals surface area contributed by atoms with Crippen molar-refractivity contribution in [2.45, 2.75) is 26.4 Å². The molecule has 0 saturated heterocycles. The van der Waals surface area contributed by atoms with E-state index in [0.29, 0.717) is 22.8 Å². The third-order valence-corrected chi connectivity index (χ3v) is 3.83. The van der Waals surface area contributed by atoms with Crippen LogP contribution >= 0.6 is 0 Å². The zero-order valence-electron chi connectivity index (χ0n) is 15.5. The topological polar surface area (TPSA) is 69.2 Å². The van der Waals surface area contributed by atoms with Crippen LogP contribution in [0.2, 0.25) is 0 Å². The summed E-state index contributed by atoms with van der Waals surface area (Å²) in [5, 5.41) is 3.98. The molecule has 1 atom stereocenters. The fourth-order valence-electron chi connectivity index (χ4n) is 2.26. The summed E-state index contributed by atoms with van der Waals surface area (Å²) in [5.41, 5.74) is 4.38. The van der Waals surface area contributed by atoms with Crippen LogP contribution in [0.25, 0.3) is 0 Å². The predicted molar refractivity (Wildman–Crippen MR) is 101 cm³/mol. The molecule has 1 amide bonds. The molecule has 2 rings (SSSR count). The van der Waals surface area contributed by atoms with Gasteiger partial charge in [0.05, 0.1) is 20.4 Å². The molecule has 0 bridgehead atoms. The lowest BCUT2D eigenvalue weighted by atomic mass is 10.2. The predicted octanol–water partition coefficient (Wildman–Crippen LogP) is 3.18. The number of nitrogens with zero attached hydrogens (tertiary/aromatic N) is 1. The second-order valence-corrected chi connectivity index (χ2v) is 5.60. The number of aryl methyl sites for hydroxylation is 1. The number of benzene rings is 2. The van der Waals surface area contributed by atoms with Crippen LogP contribution in [0.5, 0.6) is 17.2 Å². The first-order valence-corrected chi connectivity index (χ1v) is 8.38. The molecule has 0 radical (unpaired) electrons. The number of methoxy groups -OCH3 is 2. The van der Waals surface area contributed by atoms with Gasteiger partial charge in [0.15, 0.2) is 6.10 Å². The summed E-state index contributed by atoms with van der Waals surface area (Å²) < 4.78 is 16.1. The zero-order chi connectivity index (χ0) is 18.9. The number of carbonyl (C=O) groups excluding carboxylic acids is 1. The first kappa shape index (κ1) is 19.3. The highest BCUT2D eigenvalue weighted by atomic mass is 16.5. The Morgan fingerprint density at radius 3 is 2.42 bits per heavy atom. The van der Waals surface area contributed by atoms with Gasteiger partial charge in [0.25, 0.3) is 5.91 Å². The van der Waals surface area contributed by atoms with Crippen molar-refractivity contribution in [3.63, 3.8) is 0 Å². The number of hydrogen-bond acceptors (Lipinski definition) is 5. The molecule has 0 aliphatic rings. The van der Waals surface area contributed by atoms with Crippen LogP contribution in [0.3, 0.4) is 0 Å². The van der Waals surface area contributed by atoms with E-state index in [1.807, 2.05) is 24.3 Å². The number of hydrazone groups is 1. The number of ether oxygens (including phenoxy) is 3. The Morgan fingerprint density at radius 1 is 1.12 bits per heavy atom. The molecule has 2 aromatic carbocycles. The van der Waals surface area contributed by atoms with Gasteiger partial charge < -0.3 is 14.2 Å². The Morgan fingerprint density at radius 2 is 1.81 bits per heavy atom. The van der Waals surface area contributed by atoms with Crippen molar-refractivity contribution in [3.05, 3.63) is 53.6 Å². The maximum atomic E-state index is 12.1. The molecular weight excluding hydrogens is 332 g/mol. The van der Waals surface area contributed by atoms with E-state index in [9.17, 15) is 4.79 Å². The van der Waals surface area contributed by atoms with Crippen molar-refractivity contribution in [1.29, 1.82) is 0 Å². The molecule has 6 heteroatoms. The van der Waals surface area contributed by atoms with Gasteiger partial charge in [-0.15, -0.1) is 0 Å². The molecule has 0 heterocycles. The third-order valence-electron chi connectivity index (χ3n) is 3.83. The molecule has 0 aliphatic carbocycles. The Labute approximate surface area is 153 Å². The van der Waals surface area contributed by atoms with Crippen LogP contribution in [0.15, 0.2) is 47.6 Å². The lowest BCUT2D eigenvalue weighted by Crippen LogP contribution is -2.33. The maximum Gasteiger partial charge on any atom is 0.280 e. The fraction of sp³-hybridized carbons (Fsp3) is 0.300. The lowest BCUT2D eigenvalue weighted by Gasteiger charge is -2.13. The van der Waals surface area contributed by atoms with Gasteiger partial charge in [-0.25, -0.2) is 5.43 Å². The van der Waals surface area contributed by atoms with Gasteiger partial charge in [0.1, 0.15) is 17.2 Å². The molecule has 1 unspecified atom stereocenters. The van der Waals surface area contributed by atoms with Crippen molar-refractivity contribution in [2.75, 3.05) is 14.2 Å². The lowest BCUT2D eigenvalue weighted by molar-refractivity contribution is -0.127. The van der Waals surface area contributed by atoms with Gasteiger partial charge in [-0.3, -0.25) is 4.79 Å². The molecule has 2 aromatic rings. The largest absolute Gasteiger partial charge is 0.497 e. The van der Waals surface area contributed by atoms with Gasteiger partial charge in [-0.2, -0.15) is 5.10 Å². The van der Waals surface area contributed by atoms with Gasteiger partial charge in [-0.1, -0.05) is 19.1 Å². The molecule has 0 fully saturated rings. The minimum atomic E-state index is -0.674. The van der Waals surface area contributed by atoms with Crippen molar-refractivity contribution in [3.8, 4) is 17.2 Å². The van der Waals surface area contributed by atoms with E-state index in [0.717, 1.165) is 6.42 Å². The van der Waals surface area contributed by atoms with Crippen molar-refractivity contribution in [2.24, 2.45) is 5.10 Å². The summed E-state index contributed by atoms with van der Waals surface area (Å²) >= 11 is 0. The molecule has 0 aliphatic heterocycles. The van der Waals surface area contributed by atoms with Crippen LogP contribution in [0, 0.1) is 0 Å². The van der Waals surface area contributed by atoms with E-state index >= 15 is 0 Å². The second-order valence-electron chi connectivity index (χ2n) is 5.60. The summed E-state index contributed by atoms with van der Waals surface area (Å²) in [5.74, 6) is 1.60. The van der Waals surface area contributed by atoms with E-state index in [1.54, 1.807) is 39.3 Å². The van der Waals surface area contributed by atoms with Crippen LogP contribution < -0.4 is 19.6 Å². The molecule has 26 heavy (non-hydrogen) atoms. The molecular formula is C20H24N2O4. The summed E-state index contributed by atoms with van der Waals surface area (Å²) in [6.07, 6.45) is 1.78. The average molecular weight is 356 g/mol. The molecule has 0 aromatic heterocycles. The van der Waals surface area contributed by atoms with Crippen molar-refractivity contribution in [1.82, 2.24) is 5.43 Å². The summed E-state index contributed by atoms with van der Waals surface area (Å²) in [6, 6.07) is 13.0. The highest BCUT2D eigenvalue weighted by Gasteiger charge is 2.14. The smallest absolute Gasteiger partial charge is 0.280 e. The molecule has 1 N–H and O–H groups in total. The van der Waals surface area contributed by atoms with Crippen LogP contribution in [-0.2, 0) is 11.2 Å². The standard InChI is InChI=1S/C20H24N2O4/c1-5-15-6-8-17(9-7-15)26-14(2)20(23)22-21-13-16-12-18(24-3)10-11-19(16)25-4/h6-14H,5H2,1-4H3,(H,22,23). The highest BCUT2D eigenvalue weighted by molar-refractivity contribution is 5.86. The number of rotatable bonds is 8. The van der Waals surface area contributed by atoms with E-state index in [4.69, 9.17) is 14.2 Å². The normalized spacial score (nSPS) is 11.8. The Balaban J connectivity index is 1.95. The number of carbonyl (C=O) groups is 1. The third kappa shape index (κ3) is 5.24. The van der Waals surface area contributed by atoms with Crippen molar-refractivity contribution < 1.29 is 19.0 Å². The maximum absolute atomic E-state index is 12.1.